The van der Waals surface area contributed by atoms with Crippen molar-refractivity contribution in [1.29, 1.82) is 0 Å². The molecular weight excluding hydrogens is 356 g/mol. The van der Waals surface area contributed by atoms with Gasteiger partial charge >= 0.3 is 0 Å². The van der Waals surface area contributed by atoms with Gasteiger partial charge < -0.3 is 4.90 Å². The molecule has 1 fully saturated rings. The van der Waals surface area contributed by atoms with Crippen molar-refractivity contribution in [2.75, 3.05) is 31.4 Å². The lowest BCUT2D eigenvalue weighted by atomic mass is 10.1. The summed E-state index contributed by atoms with van der Waals surface area (Å²) < 4.78 is 23.5. The first-order valence-corrected chi connectivity index (χ1v) is 11.7. The van der Waals surface area contributed by atoms with Crippen molar-refractivity contribution in [3.63, 3.8) is 0 Å². The van der Waals surface area contributed by atoms with E-state index in [1.807, 2.05) is 32.1 Å². The van der Waals surface area contributed by atoms with Crippen molar-refractivity contribution in [2.24, 2.45) is 0 Å². The summed E-state index contributed by atoms with van der Waals surface area (Å²) in [5.41, 5.74) is 1.16. The first kappa shape index (κ1) is 20.3. The van der Waals surface area contributed by atoms with Gasteiger partial charge in [0.2, 0.25) is 5.91 Å². The topological polar surface area (TPSA) is 57.7 Å². The molecule has 2 unspecified atom stereocenters. The zero-order valence-electron chi connectivity index (χ0n) is 15.4. The standard InChI is InChI=1S/C18H28N2O3S2/c1-5-20(16-10-11-25(22,23)13-16)18(21)14(2)19(3)12-15-6-8-17(24-4)9-7-15/h6-9,14,16H,5,10-13H2,1-4H3. The number of hydrogen-bond donors (Lipinski definition) is 0. The van der Waals surface area contributed by atoms with E-state index in [1.54, 1.807) is 16.7 Å². The van der Waals surface area contributed by atoms with Gasteiger partial charge in [0.15, 0.2) is 9.84 Å². The molecule has 1 aromatic rings. The molecule has 1 aromatic carbocycles. The Labute approximate surface area is 155 Å². The van der Waals surface area contributed by atoms with Crippen molar-refractivity contribution in [1.82, 2.24) is 9.80 Å². The third-order valence-corrected chi connectivity index (χ3v) is 7.38. The highest BCUT2D eigenvalue weighted by molar-refractivity contribution is 7.98. The molecule has 0 saturated carbocycles. The lowest BCUT2D eigenvalue weighted by Gasteiger charge is -2.33. The van der Waals surface area contributed by atoms with Crippen molar-refractivity contribution in [3.05, 3.63) is 29.8 Å². The van der Waals surface area contributed by atoms with Crippen LogP contribution < -0.4 is 0 Å². The van der Waals surface area contributed by atoms with E-state index in [0.717, 1.165) is 5.56 Å². The predicted octanol–water partition coefficient (Wildman–Crippen LogP) is 2.26. The molecule has 7 heteroatoms. The number of rotatable bonds is 7. The lowest BCUT2D eigenvalue weighted by Crippen LogP contribution is -2.49. The molecule has 140 valence electrons. The van der Waals surface area contributed by atoms with Gasteiger partial charge in [-0.25, -0.2) is 8.42 Å². The van der Waals surface area contributed by atoms with Gasteiger partial charge in [0, 0.05) is 24.0 Å². The number of hydrogen-bond acceptors (Lipinski definition) is 5. The molecule has 0 aliphatic carbocycles. The molecule has 1 aliphatic heterocycles. The summed E-state index contributed by atoms with van der Waals surface area (Å²) in [6.07, 6.45) is 2.60. The smallest absolute Gasteiger partial charge is 0.239 e. The molecule has 2 rings (SSSR count). The molecular formula is C18H28N2O3S2. The van der Waals surface area contributed by atoms with Crippen molar-refractivity contribution >= 4 is 27.5 Å². The Morgan fingerprint density at radius 2 is 1.96 bits per heavy atom. The second-order valence-corrected chi connectivity index (χ2v) is 9.73. The molecule has 0 aromatic heterocycles. The highest BCUT2D eigenvalue weighted by Crippen LogP contribution is 2.20. The first-order valence-electron chi connectivity index (χ1n) is 8.61. The van der Waals surface area contributed by atoms with Gasteiger partial charge in [0.05, 0.1) is 17.5 Å². The monoisotopic (exact) mass is 384 g/mol. The fourth-order valence-corrected chi connectivity index (χ4v) is 5.34. The van der Waals surface area contributed by atoms with Crippen LogP contribution in [-0.2, 0) is 21.2 Å². The molecule has 5 nitrogen and oxygen atoms in total. The van der Waals surface area contributed by atoms with E-state index in [1.165, 1.54) is 4.90 Å². The molecule has 0 spiro atoms. The van der Waals surface area contributed by atoms with Gasteiger partial charge in [-0.1, -0.05) is 12.1 Å². The Balaban J connectivity index is 2.01. The normalized spacial score (nSPS) is 20.6. The largest absolute Gasteiger partial charge is 0.338 e. The molecule has 1 saturated heterocycles. The minimum atomic E-state index is -2.99. The summed E-state index contributed by atoms with van der Waals surface area (Å²) in [6, 6.07) is 7.87. The van der Waals surface area contributed by atoms with Crippen LogP contribution in [0.2, 0.25) is 0 Å². The molecule has 0 N–H and O–H groups in total. The number of carbonyl (C=O) groups is 1. The summed E-state index contributed by atoms with van der Waals surface area (Å²) in [5.74, 6) is 0.292. The van der Waals surface area contributed by atoms with Crippen molar-refractivity contribution in [3.8, 4) is 0 Å². The Hall–Kier alpha value is -1.05. The maximum Gasteiger partial charge on any atom is 0.239 e. The lowest BCUT2D eigenvalue weighted by molar-refractivity contribution is -0.137. The average molecular weight is 385 g/mol. The van der Waals surface area contributed by atoms with E-state index in [0.29, 0.717) is 19.5 Å². The number of amides is 1. The van der Waals surface area contributed by atoms with Gasteiger partial charge in [-0.15, -0.1) is 11.8 Å². The van der Waals surface area contributed by atoms with Gasteiger partial charge in [-0.05, 0) is 51.3 Å². The third-order valence-electron chi connectivity index (χ3n) is 4.88. The fourth-order valence-electron chi connectivity index (χ4n) is 3.20. The molecule has 0 bridgehead atoms. The highest BCUT2D eigenvalue weighted by Gasteiger charge is 2.35. The van der Waals surface area contributed by atoms with Crippen molar-refractivity contribution in [2.45, 2.75) is 43.8 Å². The Kier molecular flexibility index (Phi) is 6.93. The number of benzene rings is 1. The number of likely N-dealkylation sites (N-methyl/N-ethyl adjacent to an activating group) is 2. The van der Waals surface area contributed by atoms with E-state index in [9.17, 15) is 13.2 Å². The minimum absolute atomic E-state index is 0.00725. The summed E-state index contributed by atoms with van der Waals surface area (Å²) in [4.78, 5) is 17.9. The molecule has 1 aliphatic rings. The predicted molar refractivity (Wildman–Crippen MR) is 104 cm³/mol. The van der Waals surface area contributed by atoms with Crippen LogP contribution in [0.1, 0.15) is 25.8 Å². The van der Waals surface area contributed by atoms with Crippen LogP contribution in [0.15, 0.2) is 29.2 Å². The highest BCUT2D eigenvalue weighted by atomic mass is 32.2. The van der Waals surface area contributed by atoms with Crippen LogP contribution in [-0.4, -0.2) is 67.6 Å². The Morgan fingerprint density at radius 3 is 2.44 bits per heavy atom. The van der Waals surface area contributed by atoms with Gasteiger partial charge in [-0.2, -0.15) is 0 Å². The zero-order chi connectivity index (χ0) is 18.6. The summed E-state index contributed by atoms with van der Waals surface area (Å²) in [5, 5.41) is 0. The second-order valence-electron chi connectivity index (χ2n) is 6.62. The number of carbonyl (C=O) groups excluding carboxylic acids is 1. The van der Waals surface area contributed by atoms with Crippen LogP contribution >= 0.6 is 11.8 Å². The van der Waals surface area contributed by atoms with Crippen LogP contribution in [0.25, 0.3) is 0 Å². The fraction of sp³-hybridized carbons (Fsp3) is 0.611. The molecule has 25 heavy (non-hydrogen) atoms. The van der Waals surface area contributed by atoms with Gasteiger partial charge in [0.1, 0.15) is 0 Å². The van der Waals surface area contributed by atoms with Crippen LogP contribution in [0.3, 0.4) is 0 Å². The molecule has 1 amide bonds. The van der Waals surface area contributed by atoms with Crippen LogP contribution in [0, 0.1) is 0 Å². The minimum Gasteiger partial charge on any atom is -0.338 e. The molecule has 0 radical (unpaired) electrons. The van der Waals surface area contributed by atoms with E-state index < -0.39 is 9.84 Å². The Bertz CT molecular complexity index is 689. The third kappa shape index (κ3) is 5.21. The Morgan fingerprint density at radius 1 is 1.32 bits per heavy atom. The summed E-state index contributed by atoms with van der Waals surface area (Å²) in [6.45, 7) is 5.03. The van der Waals surface area contributed by atoms with E-state index in [2.05, 4.69) is 24.3 Å². The van der Waals surface area contributed by atoms with E-state index in [4.69, 9.17) is 0 Å². The van der Waals surface area contributed by atoms with Crippen molar-refractivity contribution < 1.29 is 13.2 Å². The molecule has 2 atom stereocenters. The maximum atomic E-state index is 12.9. The van der Waals surface area contributed by atoms with Gasteiger partial charge in [-0.3, -0.25) is 9.69 Å². The van der Waals surface area contributed by atoms with E-state index >= 15 is 0 Å². The molecule has 1 heterocycles. The second kappa shape index (κ2) is 8.56. The summed E-state index contributed by atoms with van der Waals surface area (Å²) >= 11 is 1.70. The average Bonchev–Trinajstić information content (AvgIpc) is 2.95. The maximum absolute atomic E-state index is 12.9. The summed E-state index contributed by atoms with van der Waals surface area (Å²) in [7, 11) is -1.06. The van der Waals surface area contributed by atoms with Crippen LogP contribution in [0.4, 0.5) is 0 Å². The number of nitrogens with zero attached hydrogens (tertiary/aromatic N) is 2. The first-order chi connectivity index (χ1) is 11.8. The number of sulfone groups is 1. The SMILES string of the molecule is CCN(C(=O)C(C)N(C)Cc1ccc(SC)cc1)C1CCS(=O)(=O)C1. The van der Waals surface area contributed by atoms with E-state index in [-0.39, 0.29) is 29.5 Å². The van der Waals surface area contributed by atoms with Crippen LogP contribution in [0.5, 0.6) is 0 Å². The zero-order valence-corrected chi connectivity index (χ0v) is 17.1. The quantitative estimate of drug-likeness (QED) is 0.675. The van der Waals surface area contributed by atoms with Gasteiger partial charge in [0.25, 0.3) is 0 Å². The number of thioether (sulfide) groups is 1.